The third-order valence-electron chi connectivity index (χ3n) is 3.73. The molecule has 4 rings (SSSR count). The zero-order valence-electron chi connectivity index (χ0n) is 13.1. The first-order chi connectivity index (χ1) is 11.8. The molecule has 0 amide bonds. The highest BCUT2D eigenvalue weighted by Gasteiger charge is 2.11. The predicted octanol–water partition coefficient (Wildman–Crippen LogP) is 4.43. The number of rotatable bonds is 4. The summed E-state index contributed by atoms with van der Waals surface area (Å²) in [7, 11) is 1.65. The summed E-state index contributed by atoms with van der Waals surface area (Å²) in [6.45, 7) is 0. The molecule has 2 aromatic heterocycles. The van der Waals surface area contributed by atoms with Crippen LogP contribution < -0.4 is 9.47 Å². The molecule has 24 heavy (non-hydrogen) atoms. The number of benzene rings is 2. The van der Waals surface area contributed by atoms with Gasteiger partial charge in [-0.15, -0.1) is 0 Å². The van der Waals surface area contributed by atoms with E-state index in [2.05, 4.69) is 15.0 Å². The number of hydrogen-bond donors (Lipinski definition) is 1. The van der Waals surface area contributed by atoms with E-state index in [-0.39, 0.29) is 0 Å². The molecule has 5 heteroatoms. The van der Waals surface area contributed by atoms with Gasteiger partial charge in [-0.1, -0.05) is 30.3 Å². The summed E-state index contributed by atoms with van der Waals surface area (Å²) < 4.78 is 11.2. The molecule has 0 aliphatic carbocycles. The molecule has 0 radical (unpaired) electrons. The molecule has 0 aliphatic heterocycles. The molecule has 118 valence electrons. The van der Waals surface area contributed by atoms with Crippen molar-refractivity contribution in [2.75, 3.05) is 7.11 Å². The summed E-state index contributed by atoms with van der Waals surface area (Å²) in [6.07, 6.45) is 1.49. The number of aromatic nitrogens is 3. The quantitative estimate of drug-likeness (QED) is 0.605. The van der Waals surface area contributed by atoms with Gasteiger partial charge in [0.1, 0.15) is 23.5 Å². The van der Waals surface area contributed by atoms with Crippen molar-refractivity contribution in [3.8, 4) is 28.6 Å². The van der Waals surface area contributed by atoms with Gasteiger partial charge in [-0.2, -0.15) is 0 Å². The molecule has 2 aromatic carbocycles. The molecule has 0 atom stereocenters. The van der Waals surface area contributed by atoms with Gasteiger partial charge < -0.3 is 14.5 Å². The van der Waals surface area contributed by atoms with Gasteiger partial charge in [0.15, 0.2) is 0 Å². The minimum Gasteiger partial charge on any atom is -0.497 e. The largest absolute Gasteiger partial charge is 0.497 e. The van der Waals surface area contributed by atoms with Crippen molar-refractivity contribution in [1.29, 1.82) is 0 Å². The number of nitrogens with one attached hydrogen (secondary N) is 1. The van der Waals surface area contributed by atoms with Crippen LogP contribution in [0, 0.1) is 0 Å². The Morgan fingerprint density at radius 1 is 0.875 bits per heavy atom. The Hall–Kier alpha value is -3.34. The molecule has 0 unspecified atom stereocenters. The number of aromatic amines is 1. The van der Waals surface area contributed by atoms with Crippen molar-refractivity contribution in [3.63, 3.8) is 0 Å². The van der Waals surface area contributed by atoms with Gasteiger partial charge in [0.25, 0.3) is 0 Å². The highest BCUT2D eigenvalue weighted by atomic mass is 16.5. The van der Waals surface area contributed by atoms with Crippen molar-refractivity contribution in [3.05, 3.63) is 67.0 Å². The van der Waals surface area contributed by atoms with Crippen LogP contribution in [-0.4, -0.2) is 22.1 Å². The Balaban J connectivity index is 1.76. The van der Waals surface area contributed by atoms with Crippen LogP contribution in [0.15, 0.2) is 67.0 Å². The lowest BCUT2D eigenvalue weighted by Crippen LogP contribution is -1.89. The van der Waals surface area contributed by atoms with E-state index in [4.69, 9.17) is 9.47 Å². The maximum Gasteiger partial charge on any atom is 0.231 e. The minimum absolute atomic E-state index is 0.525. The minimum atomic E-state index is 0.525. The highest BCUT2D eigenvalue weighted by molar-refractivity contribution is 5.87. The number of ether oxygens (including phenoxy) is 2. The molecular weight excluding hydrogens is 302 g/mol. The van der Waals surface area contributed by atoms with Gasteiger partial charge >= 0.3 is 0 Å². The summed E-state index contributed by atoms with van der Waals surface area (Å²) >= 11 is 0. The topological polar surface area (TPSA) is 60.0 Å². The monoisotopic (exact) mass is 317 g/mol. The SMILES string of the molecule is COc1cccc(-c2cc3c(Oc4ccccc4)ncnc3[nH]2)c1. The molecule has 4 aromatic rings. The van der Waals surface area contributed by atoms with E-state index in [0.717, 1.165) is 33.8 Å². The van der Waals surface area contributed by atoms with Gasteiger partial charge in [0, 0.05) is 11.3 Å². The van der Waals surface area contributed by atoms with Gasteiger partial charge in [0.05, 0.1) is 12.5 Å². The average Bonchev–Trinajstić information content (AvgIpc) is 3.08. The maximum atomic E-state index is 5.89. The normalized spacial score (nSPS) is 10.7. The second-order valence-corrected chi connectivity index (χ2v) is 5.27. The van der Waals surface area contributed by atoms with E-state index in [1.54, 1.807) is 7.11 Å². The Morgan fingerprint density at radius 2 is 1.71 bits per heavy atom. The number of methoxy groups -OCH3 is 1. The van der Waals surface area contributed by atoms with Crippen LogP contribution in [0.25, 0.3) is 22.3 Å². The molecule has 0 saturated heterocycles. The van der Waals surface area contributed by atoms with Crippen LogP contribution in [-0.2, 0) is 0 Å². The standard InChI is InChI=1S/C19H15N3O2/c1-23-15-9-5-6-13(10-15)17-11-16-18(22-17)20-12-21-19(16)24-14-7-3-2-4-8-14/h2-12H,1H3,(H,20,21,22). The fourth-order valence-electron chi connectivity index (χ4n) is 2.54. The zero-order chi connectivity index (χ0) is 16.4. The summed E-state index contributed by atoms with van der Waals surface area (Å²) in [5, 5.41) is 0.833. The van der Waals surface area contributed by atoms with Crippen LogP contribution >= 0.6 is 0 Å². The zero-order valence-corrected chi connectivity index (χ0v) is 13.1. The van der Waals surface area contributed by atoms with Crippen LogP contribution in [0.4, 0.5) is 0 Å². The first kappa shape index (κ1) is 14.3. The number of hydrogen-bond acceptors (Lipinski definition) is 4. The average molecular weight is 317 g/mol. The van der Waals surface area contributed by atoms with Crippen LogP contribution in [0.5, 0.6) is 17.4 Å². The first-order valence-electron chi connectivity index (χ1n) is 7.54. The molecule has 0 saturated carbocycles. The van der Waals surface area contributed by atoms with Crippen molar-refractivity contribution < 1.29 is 9.47 Å². The van der Waals surface area contributed by atoms with E-state index in [9.17, 15) is 0 Å². The van der Waals surface area contributed by atoms with Gasteiger partial charge in [0.2, 0.25) is 5.88 Å². The Labute approximate surface area is 138 Å². The molecule has 0 fully saturated rings. The van der Waals surface area contributed by atoms with Crippen LogP contribution in [0.2, 0.25) is 0 Å². The summed E-state index contributed by atoms with van der Waals surface area (Å²) in [5.41, 5.74) is 2.68. The predicted molar refractivity (Wildman–Crippen MR) is 92.4 cm³/mol. The number of para-hydroxylation sites is 1. The highest BCUT2D eigenvalue weighted by Crippen LogP contribution is 2.31. The maximum absolute atomic E-state index is 5.89. The van der Waals surface area contributed by atoms with E-state index in [1.807, 2.05) is 60.7 Å². The molecule has 5 nitrogen and oxygen atoms in total. The van der Waals surface area contributed by atoms with Crippen molar-refractivity contribution in [2.45, 2.75) is 0 Å². The molecule has 2 heterocycles. The molecule has 0 spiro atoms. The summed E-state index contributed by atoms with van der Waals surface area (Å²) in [6, 6.07) is 19.4. The van der Waals surface area contributed by atoms with Gasteiger partial charge in [-0.3, -0.25) is 0 Å². The first-order valence-corrected chi connectivity index (χ1v) is 7.54. The lowest BCUT2D eigenvalue weighted by Gasteiger charge is -2.04. The molecule has 1 N–H and O–H groups in total. The van der Waals surface area contributed by atoms with Crippen molar-refractivity contribution in [2.24, 2.45) is 0 Å². The Bertz CT molecular complexity index is 980. The number of fused-ring (bicyclic) bond motifs is 1. The molecule has 0 bridgehead atoms. The van der Waals surface area contributed by atoms with E-state index < -0.39 is 0 Å². The van der Waals surface area contributed by atoms with Crippen molar-refractivity contribution >= 4 is 11.0 Å². The fraction of sp³-hybridized carbons (Fsp3) is 0.0526. The fourth-order valence-corrected chi connectivity index (χ4v) is 2.54. The van der Waals surface area contributed by atoms with Crippen LogP contribution in [0.1, 0.15) is 0 Å². The second-order valence-electron chi connectivity index (χ2n) is 5.27. The summed E-state index contributed by atoms with van der Waals surface area (Å²) in [4.78, 5) is 11.9. The molecule has 0 aliphatic rings. The lowest BCUT2D eigenvalue weighted by molar-refractivity contribution is 0.415. The van der Waals surface area contributed by atoms with Gasteiger partial charge in [-0.05, 0) is 30.3 Å². The number of nitrogens with zero attached hydrogens (tertiary/aromatic N) is 2. The van der Waals surface area contributed by atoms with Gasteiger partial charge in [-0.25, -0.2) is 9.97 Å². The Morgan fingerprint density at radius 3 is 2.54 bits per heavy atom. The Kier molecular flexibility index (Phi) is 3.59. The third-order valence-corrected chi connectivity index (χ3v) is 3.73. The summed E-state index contributed by atoms with van der Waals surface area (Å²) in [5.74, 6) is 2.07. The second kappa shape index (κ2) is 6.04. The molecular formula is C19H15N3O2. The smallest absolute Gasteiger partial charge is 0.231 e. The van der Waals surface area contributed by atoms with E-state index >= 15 is 0 Å². The van der Waals surface area contributed by atoms with E-state index in [1.165, 1.54) is 6.33 Å². The number of H-pyrrole nitrogens is 1. The van der Waals surface area contributed by atoms with E-state index in [0.29, 0.717) is 5.88 Å². The van der Waals surface area contributed by atoms with Crippen molar-refractivity contribution in [1.82, 2.24) is 15.0 Å². The van der Waals surface area contributed by atoms with Crippen LogP contribution in [0.3, 0.4) is 0 Å². The lowest BCUT2D eigenvalue weighted by atomic mass is 10.1. The third kappa shape index (κ3) is 2.67.